The Morgan fingerprint density at radius 2 is 1.84 bits per heavy atom. The van der Waals surface area contributed by atoms with Crippen LogP contribution in [0.5, 0.6) is 0 Å². The first-order valence-electron chi connectivity index (χ1n) is 18.2. The summed E-state index contributed by atoms with van der Waals surface area (Å²) in [6.07, 6.45) is 9.32. The number of carbonyl (C=O) groups is 3. The van der Waals surface area contributed by atoms with Gasteiger partial charge in [-0.3, -0.25) is 19.4 Å². The van der Waals surface area contributed by atoms with Crippen LogP contribution < -0.4 is 27.4 Å². The van der Waals surface area contributed by atoms with Gasteiger partial charge in [-0.2, -0.15) is 0 Å². The standard InChI is InChI=1S/C39H53ClN8O5S2/c1-24-10-9-15-43-23-54-36-29(16-27(17-31(36)40)25(2)26(3)55(5,52)53)22-46-38(50)35(18-28-21-45-32-12-7-6-11-30(28)32)48(4)39(51)34(19-42)47-37(49)33(44-20-24)13-8-14-41/h6-7,9-12,15-17,21,25-26,33-35,44-45H,1,8,13-14,18-20,22-23,41-42H2,2-5H3,(H,46,50)(H,47,49)/b10-9-,43-15?/t25-,26?,33-,34-,35-/m0/s1. The average molecular weight is 813 g/mol. The number of para-hydroxylation sites is 1. The summed E-state index contributed by atoms with van der Waals surface area (Å²) in [6.45, 7) is 8.05. The van der Waals surface area contributed by atoms with Gasteiger partial charge in [-0.1, -0.05) is 55.4 Å². The molecule has 4 rings (SSSR count). The van der Waals surface area contributed by atoms with Crippen LogP contribution >= 0.6 is 23.4 Å². The molecule has 0 saturated carbocycles. The number of likely N-dealkylation sites (N-methyl/N-ethyl adjacent to an activating group) is 1. The lowest BCUT2D eigenvalue weighted by molar-refractivity contribution is -0.141. The number of hydrogen-bond donors (Lipinski definition) is 6. The zero-order valence-electron chi connectivity index (χ0n) is 31.8. The molecule has 0 aliphatic carbocycles. The molecule has 1 aromatic heterocycles. The topological polar surface area (TPSA) is 205 Å². The van der Waals surface area contributed by atoms with Gasteiger partial charge in [0.25, 0.3) is 0 Å². The predicted molar refractivity (Wildman–Crippen MR) is 223 cm³/mol. The van der Waals surface area contributed by atoms with Gasteiger partial charge in [0.2, 0.25) is 17.7 Å². The molecule has 1 aliphatic heterocycles. The molecule has 1 unspecified atom stereocenters. The summed E-state index contributed by atoms with van der Waals surface area (Å²) in [6, 6.07) is 8.47. The number of aromatic nitrogens is 1. The van der Waals surface area contributed by atoms with Gasteiger partial charge in [0.1, 0.15) is 12.1 Å². The fourth-order valence-electron chi connectivity index (χ4n) is 6.32. The highest BCUT2D eigenvalue weighted by Gasteiger charge is 2.34. The molecule has 1 aliphatic rings. The van der Waals surface area contributed by atoms with E-state index >= 15 is 0 Å². The van der Waals surface area contributed by atoms with Crippen molar-refractivity contribution < 1.29 is 22.8 Å². The zero-order chi connectivity index (χ0) is 40.3. The van der Waals surface area contributed by atoms with Crippen molar-refractivity contribution in [1.29, 1.82) is 0 Å². The summed E-state index contributed by atoms with van der Waals surface area (Å²) in [4.78, 5) is 51.8. The van der Waals surface area contributed by atoms with E-state index in [4.69, 9.17) is 23.1 Å². The van der Waals surface area contributed by atoms with Crippen LogP contribution in [0.1, 0.15) is 49.3 Å². The Hall–Kier alpha value is -3.99. The van der Waals surface area contributed by atoms with Gasteiger partial charge in [-0.25, -0.2) is 8.42 Å². The molecule has 3 aromatic rings. The van der Waals surface area contributed by atoms with E-state index in [-0.39, 0.29) is 26.1 Å². The number of rotatable bonds is 9. The van der Waals surface area contributed by atoms with Crippen LogP contribution in [0.15, 0.2) is 76.8 Å². The molecule has 3 amide bonds. The van der Waals surface area contributed by atoms with Crippen LogP contribution in [0.3, 0.4) is 0 Å². The van der Waals surface area contributed by atoms with Crippen LogP contribution in [0.4, 0.5) is 0 Å². The molecule has 0 saturated heterocycles. The van der Waals surface area contributed by atoms with Gasteiger partial charge in [0.05, 0.1) is 22.2 Å². The Morgan fingerprint density at radius 3 is 2.55 bits per heavy atom. The fraction of sp³-hybridized carbons (Fsp3) is 0.436. The lowest BCUT2D eigenvalue weighted by Crippen LogP contribution is -2.59. The lowest BCUT2D eigenvalue weighted by atomic mass is 9.96. The van der Waals surface area contributed by atoms with Crippen molar-refractivity contribution >= 4 is 68.0 Å². The van der Waals surface area contributed by atoms with Crippen LogP contribution in [0.2, 0.25) is 5.02 Å². The lowest BCUT2D eigenvalue weighted by Gasteiger charge is -2.31. The molecule has 0 spiro atoms. The molecule has 5 atom stereocenters. The summed E-state index contributed by atoms with van der Waals surface area (Å²) in [5, 5.41) is 9.66. The minimum Gasteiger partial charge on any atom is -0.361 e. The van der Waals surface area contributed by atoms with Crippen LogP contribution in [0, 0.1) is 0 Å². The third kappa shape index (κ3) is 11.8. The zero-order valence-corrected chi connectivity index (χ0v) is 34.2. The van der Waals surface area contributed by atoms with Gasteiger partial charge in [-0.15, -0.1) is 11.8 Å². The highest BCUT2D eigenvalue weighted by molar-refractivity contribution is 7.99. The van der Waals surface area contributed by atoms with Crippen molar-refractivity contribution in [2.75, 3.05) is 38.8 Å². The summed E-state index contributed by atoms with van der Waals surface area (Å²) in [5.41, 5.74) is 15.6. The molecule has 2 aromatic carbocycles. The number of aromatic amines is 1. The number of H-pyrrole nitrogens is 1. The predicted octanol–water partition coefficient (Wildman–Crippen LogP) is 3.43. The van der Waals surface area contributed by atoms with E-state index in [1.165, 1.54) is 30.0 Å². The summed E-state index contributed by atoms with van der Waals surface area (Å²) >= 11 is 8.26. The van der Waals surface area contributed by atoms with Gasteiger partial charge >= 0.3 is 0 Å². The largest absolute Gasteiger partial charge is 0.361 e. The van der Waals surface area contributed by atoms with Gasteiger partial charge in [0, 0.05) is 67.6 Å². The molecule has 16 heteroatoms. The van der Waals surface area contributed by atoms with Crippen molar-refractivity contribution in [3.63, 3.8) is 0 Å². The smallest absolute Gasteiger partial charge is 0.246 e. The second-order valence-corrected chi connectivity index (χ2v) is 17.6. The Kier molecular flexibility index (Phi) is 16.1. The minimum atomic E-state index is -3.37. The minimum absolute atomic E-state index is 0.0239. The normalized spacial score (nSPS) is 21.7. The molecule has 2 heterocycles. The van der Waals surface area contributed by atoms with E-state index in [0.717, 1.165) is 16.5 Å². The molecular formula is C39H53ClN8O5S2. The maximum atomic E-state index is 14.3. The van der Waals surface area contributed by atoms with Gasteiger partial charge in [-0.05, 0) is 72.7 Å². The van der Waals surface area contributed by atoms with Gasteiger partial charge in [0.15, 0.2) is 9.84 Å². The Labute approximate surface area is 333 Å². The third-order valence-corrected chi connectivity index (χ3v) is 13.2. The first-order chi connectivity index (χ1) is 26.2. The van der Waals surface area contributed by atoms with E-state index in [1.54, 1.807) is 31.4 Å². The number of nitrogens with zero attached hydrogens (tertiary/aromatic N) is 2. The summed E-state index contributed by atoms with van der Waals surface area (Å²) in [5.74, 6) is -1.51. The maximum absolute atomic E-state index is 14.3. The number of allylic oxidation sites excluding steroid dienone is 1. The third-order valence-electron chi connectivity index (χ3n) is 9.95. The number of thioether (sulfide) groups is 1. The summed E-state index contributed by atoms with van der Waals surface area (Å²) < 4.78 is 25.0. The number of hydrogen-bond acceptors (Lipinski definition) is 10. The monoisotopic (exact) mass is 812 g/mol. The van der Waals surface area contributed by atoms with Crippen LogP contribution in [-0.4, -0.2) is 104 Å². The number of halogens is 1. The highest BCUT2D eigenvalue weighted by atomic mass is 35.5. The Bertz CT molecular complexity index is 2020. The molecule has 0 fully saturated rings. The van der Waals surface area contributed by atoms with E-state index < -0.39 is 56.9 Å². The van der Waals surface area contributed by atoms with Gasteiger partial charge < -0.3 is 37.3 Å². The van der Waals surface area contributed by atoms with E-state index in [9.17, 15) is 22.8 Å². The molecule has 55 heavy (non-hydrogen) atoms. The van der Waals surface area contributed by atoms with Crippen molar-refractivity contribution in [2.45, 2.75) is 73.8 Å². The number of aliphatic imine (C=N–C) groups is 1. The maximum Gasteiger partial charge on any atom is 0.246 e. The van der Waals surface area contributed by atoms with Crippen LogP contribution in [0.25, 0.3) is 10.9 Å². The number of fused-ring (bicyclic) bond motifs is 2. The van der Waals surface area contributed by atoms with Crippen molar-refractivity contribution in [3.05, 3.63) is 88.6 Å². The number of amides is 3. The molecule has 8 N–H and O–H groups in total. The fourth-order valence-corrected chi connectivity index (χ4v) is 8.44. The number of benzene rings is 2. The molecular weight excluding hydrogens is 760 g/mol. The molecule has 13 nitrogen and oxygen atoms in total. The molecule has 0 bridgehead atoms. The Morgan fingerprint density at radius 1 is 1.09 bits per heavy atom. The Balaban J connectivity index is 1.76. The average Bonchev–Trinajstić information content (AvgIpc) is 3.57. The number of sulfone groups is 1. The molecule has 298 valence electrons. The highest BCUT2D eigenvalue weighted by Crippen LogP contribution is 2.36. The van der Waals surface area contributed by atoms with E-state index in [0.29, 0.717) is 51.9 Å². The number of nitrogens with one attached hydrogen (secondary N) is 4. The van der Waals surface area contributed by atoms with Crippen molar-refractivity contribution in [2.24, 2.45) is 16.5 Å². The quantitative estimate of drug-likeness (QED) is 0.187. The summed E-state index contributed by atoms with van der Waals surface area (Å²) in [7, 11) is -1.84. The SMILES string of the molecule is C=C1/C=C\C=NCSc2c(Cl)cc([C@@H](C)C(C)S(C)(=O)=O)cc2CNC(=O)[C@H](Cc2c[nH]c3ccccc23)N(C)C(=O)[C@H](CN)NC(=O)[C@H](CCCN)NC1. The van der Waals surface area contributed by atoms with Crippen LogP contribution in [-0.2, 0) is 37.2 Å². The van der Waals surface area contributed by atoms with E-state index in [1.807, 2.05) is 43.5 Å². The molecule has 0 radical (unpaired) electrons. The first-order valence-corrected chi connectivity index (χ1v) is 21.5. The number of nitrogens with two attached hydrogens (primary N) is 2. The first kappa shape index (κ1) is 43.7. The number of carbonyl (C=O) groups excluding carboxylic acids is 3. The second kappa shape index (κ2) is 20.3. The second-order valence-electron chi connectivity index (χ2n) is 13.8. The van der Waals surface area contributed by atoms with E-state index in [2.05, 4.69) is 32.5 Å². The van der Waals surface area contributed by atoms with Crippen molar-refractivity contribution in [1.82, 2.24) is 25.8 Å². The van der Waals surface area contributed by atoms with Crippen molar-refractivity contribution in [3.8, 4) is 0 Å².